The molecule has 19 heavy (non-hydrogen) atoms. The zero-order valence-corrected chi connectivity index (χ0v) is 11.5. The van der Waals surface area contributed by atoms with Gasteiger partial charge in [0.1, 0.15) is 10.6 Å². The van der Waals surface area contributed by atoms with Crippen LogP contribution in [-0.2, 0) is 0 Å². The van der Waals surface area contributed by atoms with E-state index in [1.165, 1.54) is 0 Å². The van der Waals surface area contributed by atoms with Gasteiger partial charge in [-0.25, -0.2) is 0 Å². The fourth-order valence-corrected chi connectivity index (χ4v) is 2.37. The monoisotopic (exact) mass is 276 g/mol. The zero-order valence-electron chi connectivity index (χ0n) is 10.7. The summed E-state index contributed by atoms with van der Waals surface area (Å²) in [6.07, 6.45) is 5.35. The van der Waals surface area contributed by atoms with Crippen molar-refractivity contribution in [3.63, 3.8) is 0 Å². The van der Waals surface area contributed by atoms with Crippen molar-refractivity contribution in [3.8, 4) is 11.3 Å². The highest BCUT2D eigenvalue weighted by molar-refractivity contribution is 7.09. The van der Waals surface area contributed by atoms with Gasteiger partial charge in [0.15, 0.2) is 0 Å². The van der Waals surface area contributed by atoms with Gasteiger partial charge in [0.05, 0.1) is 5.69 Å². The molecule has 0 bridgehead atoms. The first kappa shape index (κ1) is 13.5. The number of rotatable bonds is 5. The molecule has 3 N–H and O–H groups in total. The van der Waals surface area contributed by atoms with Crippen molar-refractivity contribution in [1.82, 2.24) is 14.7 Å². The number of hydrogen-bond acceptors (Lipinski definition) is 5. The molecule has 0 unspecified atom stereocenters. The van der Waals surface area contributed by atoms with Gasteiger partial charge < -0.3 is 11.1 Å². The minimum atomic E-state index is -0.149. The quantitative estimate of drug-likeness (QED) is 0.821. The molecular weight excluding hydrogens is 260 g/mol. The van der Waals surface area contributed by atoms with Crippen LogP contribution < -0.4 is 11.1 Å². The number of nitrogens with zero attached hydrogens (tertiary/aromatic N) is 2. The molecule has 0 aliphatic carbocycles. The van der Waals surface area contributed by atoms with Gasteiger partial charge in [-0.15, -0.1) is 0 Å². The molecule has 0 fully saturated rings. The van der Waals surface area contributed by atoms with Crippen LogP contribution in [0.4, 0.5) is 5.69 Å². The summed E-state index contributed by atoms with van der Waals surface area (Å²) >= 11 is 1.13. The van der Waals surface area contributed by atoms with Crippen LogP contribution in [0.15, 0.2) is 24.5 Å². The third-order valence-electron chi connectivity index (χ3n) is 2.70. The number of nitrogens with one attached hydrogen (secondary N) is 1. The number of nitrogen functional groups attached to an aromatic ring is 1. The first-order valence-corrected chi connectivity index (χ1v) is 6.95. The maximum absolute atomic E-state index is 12.0. The second-order valence-corrected chi connectivity index (χ2v) is 4.89. The van der Waals surface area contributed by atoms with E-state index in [2.05, 4.69) is 21.6 Å². The molecule has 0 aromatic carbocycles. The number of carbonyl (C=O) groups is 1. The highest BCUT2D eigenvalue weighted by Crippen LogP contribution is 2.30. The summed E-state index contributed by atoms with van der Waals surface area (Å²) in [5, 5.41) is 2.84. The fraction of sp³-hybridized carbons (Fsp3) is 0.308. The Morgan fingerprint density at radius 1 is 1.42 bits per heavy atom. The van der Waals surface area contributed by atoms with E-state index in [0.29, 0.717) is 22.8 Å². The number of hydrogen-bond donors (Lipinski definition) is 2. The SMILES string of the molecule is CCCCNC(=O)c1snc(-c2ccncc2)c1N. The number of carbonyl (C=O) groups excluding carboxylic acids is 1. The van der Waals surface area contributed by atoms with Gasteiger partial charge in [0.25, 0.3) is 5.91 Å². The molecule has 5 nitrogen and oxygen atoms in total. The first-order chi connectivity index (χ1) is 9.24. The summed E-state index contributed by atoms with van der Waals surface area (Å²) < 4.78 is 4.26. The number of nitrogens with two attached hydrogens (primary N) is 1. The third kappa shape index (κ3) is 3.08. The van der Waals surface area contributed by atoms with Crippen LogP contribution in [0.3, 0.4) is 0 Å². The Morgan fingerprint density at radius 2 is 2.16 bits per heavy atom. The summed E-state index contributed by atoms with van der Waals surface area (Å²) in [7, 11) is 0. The molecule has 0 atom stereocenters. The van der Waals surface area contributed by atoms with Gasteiger partial charge in [0.2, 0.25) is 0 Å². The normalized spacial score (nSPS) is 10.4. The van der Waals surface area contributed by atoms with Crippen molar-refractivity contribution in [2.45, 2.75) is 19.8 Å². The molecule has 2 aromatic heterocycles. The summed E-state index contributed by atoms with van der Waals surface area (Å²) in [6.45, 7) is 2.74. The van der Waals surface area contributed by atoms with Crippen molar-refractivity contribution < 1.29 is 4.79 Å². The lowest BCUT2D eigenvalue weighted by Gasteiger charge is -2.03. The van der Waals surface area contributed by atoms with Crippen LogP contribution >= 0.6 is 11.5 Å². The zero-order chi connectivity index (χ0) is 13.7. The minimum Gasteiger partial charge on any atom is -0.396 e. The number of anilines is 1. The molecule has 0 aliphatic rings. The van der Waals surface area contributed by atoms with Crippen LogP contribution in [0.5, 0.6) is 0 Å². The van der Waals surface area contributed by atoms with E-state index < -0.39 is 0 Å². The van der Waals surface area contributed by atoms with E-state index in [0.717, 1.165) is 29.9 Å². The molecule has 2 heterocycles. The van der Waals surface area contributed by atoms with Crippen molar-refractivity contribution in [1.29, 1.82) is 0 Å². The average Bonchev–Trinajstić information content (AvgIpc) is 2.82. The van der Waals surface area contributed by atoms with E-state index >= 15 is 0 Å². The molecule has 0 saturated carbocycles. The molecule has 0 radical (unpaired) electrons. The van der Waals surface area contributed by atoms with Crippen molar-refractivity contribution in [3.05, 3.63) is 29.4 Å². The Kier molecular flexibility index (Phi) is 4.46. The molecule has 0 saturated heterocycles. The van der Waals surface area contributed by atoms with Crippen LogP contribution in [0, 0.1) is 0 Å². The lowest BCUT2D eigenvalue weighted by atomic mass is 10.1. The summed E-state index contributed by atoms with van der Waals surface area (Å²) in [5.74, 6) is -0.149. The highest BCUT2D eigenvalue weighted by Gasteiger charge is 2.17. The van der Waals surface area contributed by atoms with Crippen LogP contribution in [0.25, 0.3) is 11.3 Å². The summed E-state index contributed by atoms with van der Waals surface area (Å²) in [6, 6.07) is 3.65. The second-order valence-electron chi connectivity index (χ2n) is 4.12. The van der Waals surface area contributed by atoms with Crippen LogP contribution in [-0.4, -0.2) is 21.8 Å². The van der Waals surface area contributed by atoms with E-state index in [1.807, 2.05) is 12.1 Å². The summed E-state index contributed by atoms with van der Waals surface area (Å²) in [4.78, 5) is 16.4. The van der Waals surface area contributed by atoms with Gasteiger partial charge >= 0.3 is 0 Å². The second kappa shape index (κ2) is 6.29. The topological polar surface area (TPSA) is 80.9 Å². The highest BCUT2D eigenvalue weighted by atomic mass is 32.1. The number of unbranched alkanes of at least 4 members (excludes halogenated alkanes) is 1. The lowest BCUT2D eigenvalue weighted by Crippen LogP contribution is -2.24. The van der Waals surface area contributed by atoms with Crippen LogP contribution in [0.2, 0.25) is 0 Å². The van der Waals surface area contributed by atoms with E-state index in [4.69, 9.17) is 5.73 Å². The number of pyridine rings is 1. The Balaban J connectivity index is 2.17. The lowest BCUT2D eigenvalue weighted by molar-refractivity contribution is 0.0958. The van der Waals surface area contributed by atoms with E-state index in [1.54, 1.807) is 12.4 Å². The Hall–Kier alpha value is -1.95. The predicted molar refractivity (Wildman–Crippen MR) is 77.0 cm³/mol. The van der Waals surface area contributed by atoms with Gasteiger partial charge in [-0.3, -0.25) is 9.78 Å². The van der Waals surface area contributed by atoms with Gasteiger partial charge in [-0.05, 0) is 30.1 Å². The average molecular weight is 276 g/mol. The summed E-state index contributed by atoms with van der Waals surface area (Å²) in [5.41, 5.74) is 7.96. The Morgan fingerprint density at radius 3 is 2.84 bits per heavy atom. The van der Waals surface area contributed by atoms with E-state index in [-0.39, 0.29) is 5.91 Å². The molecular formula is C13H16N4OS. The minimum absolute atomic E-state index is 0.149. The molecule has 2 aromatic rings. The standard InChI is InChI=1S/C13H16N4OS/c1-2-3-6-16-13(18)12-10(14)11(17-19-12)9-4-7-15-8-5-9/h4-5,7-8H,2-3,6,14H2,1H3,(H,16,18). The molecule has 6 heteroatoms. The van der Waals surface area contributed by atoms with Gasteiger partial charge in [0, 0.05) is 24.5 Å². The van der Waals surface area contributed by atoms with Crippen molar-refractivity contribution >= 4 is 23.1 Å². The molecule has 1 amide bonds. The smallest absolute Gasteiger partial charge is 0.265 e. The fourth-order valence-electron chi connectivity index (χ4n) is 1.64. The van der Waals surface area contributed by atoms with E-state index in [9.17, 15) is 4.79 Å². The Bertz CT molecular complexity index is 553. The molecule has 2 rings (SSSR count). The molecule has 100 valence electrons. The van der Waals surface area contributed by atoms with Gasteiger partial charge in [-0.1, -0.05) is 13.3 Å². The first-order valence-electron chi connectivity index (χ1n) is 6.17. The maximum atomic E-state index is 12.0. The maximum Gasteiger partial charge on any atom is 0.265 e. The molecule has 0 spiro atoms. The Labute approximate surface area is 116 Å². The van der Waals surface area contributed by atoms with Crippen molar-refractivity contribution in [2.24, 2.45) is 0 Å². The van der Waals surface area contributed by atoms with Crippen LogP contribution in [0.1, 0.15) is 29.4 Å². The number of amides is 1. The van der Waals surface area contributed by atoms with Gasteiger partial charge in [-0.2, -0.15) is 4.37 Å². The molecule has 0 aliphatic heterocycles. The number of aromatic nitrogens is 2. The third-order valence-corrected chi connectivity index (χ3v) is 3.57. The largest absolute Gasteiger partial charge is 0.396 e. The predicted octanol–water partition coefficient (Wildman–Crippen LogP) is 2.32. The van der Waals surface area contributed by atoms with Crippen molar-refractivity contribution in [2.75, 3.05) is 12.3 Å².